The molecule has 0 saturated heterocycles. The van der Waals surface area contributed by atoms with Gasteiger partial charge in [0.05, 0.1) is 6.61 Å². The molecule has 0 aromatic heterocycles. The van der Waals surface area contributed by atoms with E-state index in [0.717, 1.165) is 26.3 Å². The number of ether oxygens (including phenoxy) is 1. The maximum absolute atomic E-state index is 5.84. The van der Waals surface area contributed by atoms with Gasteiger partial charge in [0.2, 0.25) is 0 Å². The van der Waals surface area contributed by atoms with E-state index in [0.29, 0.717) is 6.04 Å². The van der Waals surface area contributed by atoms with Gasteiger partial charge in [0.15, 0.2) is 0 Å². The molecule has 0 aromatic carbocycles. The summed E-state index contributed by atoms with van der Waals surface area (Å²) in [7, 11) is 2.16. The standard InChI is InChI=1S/C14H32N2O/c1-4-6-7-8-9-10-14(13-15)16(3)11-12-17-5-2/h14H,4-13,15H2,1-3H3. The second kappa shape index (κ2) is 12.3. The van der Waals surface area contributed by atoms with Crippen LogP contribution in [0.4, 0.5) is 0 Å². The van der Waals surface area contributed by atoms with Crippen molar-refractivity contribution in [3.63, 3.8) is 0 Å². The Balaban J connectivity index is 3.58. The SMILES string of the molecule is CCCCCCCC(CN)N(C)CCOCC. The van der Waals surface area contributed by atoms with Gasteiger partial charge in [-0.05, 0) is 20.4 Å². The van der Waals surface area contributed by atoms with Crippen LogP contribution in [0.3, 0.4) is 0 Å². The van der Waals surface area contributed by atoms with Crippen LogP contribution in [-0.4, -0.2) is 44.3 Å². The van der Waals surface area contributed by atoms with Crippen LogP contribution in [0.2, 0.25) is 0 Å². The number of likely N-dealkylation sites (N-methyl/N-ethyl adjacent to an activating group) is 1. The van der Waals surface area contributed by atoms with E-state index >= 15 is 0 Å². The molecule has 1 unspecified atom stereocenters. The maximum atomic E-state index is 5.84. The quantitative estimate of drug-likeness (QED) is 0.536. The first-order valence-corrected chi connectivity index (χ1v) is 7.24. The molecule has 0 aliphatic carbocycles. The highest BCUT2D eigenvalue weighted by atomic mass is 16.5. The highest BCUT2D eigenvalue weighted by molar-refractivity contribution is 4.69. The van der Waals surface area contributed by atoms with E-state index in [9.17, 15) is 0 Å². The Bertz CT molecular complexity index is 153. The minimum atomic E-state index is 0.525. The molecule has 0 heterocycles. The van der Waals surface area contributed by atoms with E-state index in [1.54, 1.807) is 0 Å². The third kappa shape index (κ3) is 9.57. The molecular formula is C14H32N2O. The monoisotopic (exact) mass is 244 g/mol. The molecular weight excluding hydrogens is 212 g/mol. The first kappa shape index (κ1) is 16.9. The Hall–Kier alpha value is -0.120. The first-order valence-electron chi connectivity index (χ1n) is 7.24. The Morgan fingerprint density at radius 3 is 2.41 bits per heavy atom. The molecule has 17 heavy (non-hydrogen) atoms. The number of rotatable bonds is 12. The third-order valence-corrected chi connectivity index (χ3v) is 3.33. The fourth-order valence-corrected chi connectivity index (χ4v) is 2.04. The fraction of sp³-hybridized carbons (Fsp3) is 1.00. The van der Waals surface area contributed by atoms with Crippen molar-refractivity contribution in [2.45, 2.75) is 58.4 Å². The Kier molecular flexibility index (Phi) is 12.3. The topological polar surface area (TPSA) is 38.5 Å². The minimum Gasteiger partial charge on any atom is -0.380 e. The lowest BCUT2D eigenvalue weighted by atomic mass is 10.1. The average Bonchev–Trinajstić information content (AvgIpc) is 2.34. The molecule has 3 nitrogen and oxygen atoms in total. The average molecular weight is 244 g/mol. The van der Waals surface area contributed by atoms with Crippen molar-refractivity contribution in [1.82, 2.24) is 4.90 Å². The molecule has 0 aromatic rings. The van der Waals surface area contributed by atoms with Crippen molar-refractivity contribution in [2.24, 2.45) is 5.73 Å². The van der Waals surface area contributed by atoms with Crippen molar-refractivity contribution in [1.29, 1.82) is 0 Å². The van der Waals surface area contributed by atoms with Crippen LogP contribution in [0.5, 0.6) is 0 Å². The summed E-state index contributed by atoms with van der Waals surface area (Å²) >= 11 is 0. The number of nitrogens with two attached hydrogens (primary N) is 1. The zero-order valence-corrected chi connectivity index (χ0v) is 12.1. The summed E-state index contributed by atoms with van der Waals surface area (Å²) in [6, 6.07) is 0.525. The first-order chi connectivity index (χ1) is 8.26. The van der Waals surface area contributed by atoms with Gasteiger partial charge in [-0.15, -0.1) is 0 Å². The summed E-state index contributed by atoms with van der Waals surface area (Å²) in [5.41, 5.74) is 5.84. The third-order valence-electron chi connectivity index (χ3n) is 3.33. The van der Waals surface area contributed by atoms with Crippen molar-refractivity contribution >= 4 is 0 Å². The van der Waals surface area contributed by atoms with Crippen LogP contribution < -0.4 is 5.73 Å². The van der Waals surface area contributed by atoms with Crippen LogP contribution in [0.15, 0.2) is 0 Å². The summed E-state index contributed by atoms with van der Waals surface area (Å²) in [6.07, 6.45) is 7.94. The minimum absolute atomic E-state index is 0.525. The zero-order valence-electron chi connectivity index (χ0n) is 12.1. The van der Waals surface area contributed by atoms with Crippen LogP contribution in [-0.2, 0) is 4.74 Å². The van der Waals surface area contributed by atoms with E-state index in [2.05, 4.69) is 18.9 Å². The largest absolute Gasteiger partial charge is 0.380 e. The predicted molar refractivity (Wildman–Crippen MR) is 75.3 cm³/mol. The molecule has 0 fully saturated rings. The van der Waals surface area contributed by atoms with Gasteiger partial charge in [-0.2, -0.15) is 0 Å². The Labute approximate surface area is 108 Å². The van der Waals surface area contributed by atoms with Gasteiger partial charge in [-0.3, -0.25) is 4.90 Å². The van der Waals surface area contributed by atoms with Crippen LogP contribution >= 0.6 is 0 Å². The maximum Gasteiger partial charge on any atom is 0.0593 e. The highest BCUT2D eigenvalue weighted by Gasteiger charge is 2.11. The van der Waals surface area contributed by atoms with Crippen molar-refractivity contribution in [3.05, 3.63) is 0 Å². The van der Waals surface area contributed by atoms with Crippen molar-refractivity contribution < 1.29 is 4.74 Å². The summed E-state index contributed by atoms with van der Waals surface area (Å²) in [6.45, 7) is 7.66. The number of hydrogen-bond acceptors (Lipinski definition) is 3. The van der Waals surface area contributed by atoms with E-state index < -0.39 is 0 Å². The lowest BCUT2D eigenvalue weighted by molar-refractivity contribution is 0.106. The molecule has 0 spiro atoms. The van der Waals surface area contributed by atoms with Gasteiger partial charge in [-0.25, -0.2) is 0 Å². The van der Waals surface area contributed by atoms with Gasteiger partial charge < -0.3 is 10.5 Å². The second-order valence-corrected chi connectivity index (χ2v) is 4.77. The van der Waals surface area contributed by atoms with Crippen molar-refractivity contribution in [2.75, 3.05) is 33.4 Å². The molecule has 2 N–H and O–H groups in total. The van der Waals surface area contributed by atoms with E-state index in [1.807, 2.05) is 6.92 Å². The van der Waals surface area contributed by atoms with Crippen LogP contribution in [0.1, 0.15) is 52.4 Å². The van der Waals surface area contributed by atoms with Gasteiger partial charge in [0.1, 0.15) is 0 Å². The molecule has 0 aliphatic heterocycles. The molecule has 0 saturated carbocycles. The van der Waals surface area contributed by atoms with E-state index in [4.69, 9.17) is 10.5 Å². The molecule has 0 bridgehead atoms. The molecule has 3 heteroatoms. The molecule has 104 valence electrons. The lowest BCUT2D eigenvalue weighted by Gasteiger charge is -2.26. The highest BCUT2D eigenvalue weighted by Crippen LogP contribution is 2.10. The lowest BCUT2D eigenvalue weighted by Crippen LogP contribution is -2.39. The molecule has 0 amide bonds. The normalized spacial score (nSPS) is 13.2. The van der Waals surface area contributed by atoms with Crippen molar-refractivity contribution in [3.8, 4) is 0 Å². The van der Waals surface area contributed by atoms with Crippen LogP contribution in [0.25, 0.3) is 0 Å². The Morgan fingerprint density at radius 2 is 1.82 bits per heavy atom. The van der Waals surface area contributed by atoms with Crippen LogP contribution in [0, 0.1) is 0 Å². The van der Waals surface area contributed by atoms with Gasteiger partial charge in [0.25, 0.3) is 0 Å². The summed E-state index contributed by atoms with van der Waals surface area (Å²) in [5.74, 6) is 0. The van der Waals surface area contributed by atoms with Gasteiger partial charge >= 0.3 is 0 Å². The van der Waals surface area contributed by atoms with Gasteiger partial charge in [0, 0.05) is 25.7 Å². The second-order valence-electron chi connectivity index (χ2n) is 4.77. The smallest absolute Gasteiger partial charge is 0.0593 e. The molecule has 0 aliphatic rings. The summed E-state index contributed by atoms with van der Waals surface area (Å²) < 4.78 is 5.37. The molecule has 1 atom stereocenters. The van der Waals surface area contributed by atoms with E-state index in [1.165, 1.54) is 38.5 Å². The molecule has 0 radical (unpaired) electrons. The number of hydrogen-bond donors (Lipinski definition) is 1. The fourth-order valence-electron chi connectivity index (χ4n) is 2.04. The number of nitrogens with zero attached hydrogens (tertiary/aromatic N) is 1. The van der Waals surface area contributed by atoms with Gasteiger partial charge in [-0.1, -0.05) is 39.0 Å². The van der Waals surface area contributed by atoms with E-state index in [-0.39, 0.29) is 0 Å². The predicted octanol–water partition coefficient (Wildman–Crippen LogP) is 2.64. The Morgan fingerprint density at radius 1 is 1.12 bits per heavy atom. The summed E-state index contributed by atoms with van der Waals surface area (Å²) in [4.78, 5) is 2.34. The number of unbranched alkanes of at least 4 members (excludes halogenated alkanes) is 4. The summed E-state index contributed by atoms with van der Waals surface area (Å²) in [5, 5.41) is 0. The molecule has 0 rings (SSSR count). The zero-order chi connectivity index (χ0) is 12.9.